The maximum absolute atomic E-state index is 12.0. The van der Waals surface area contributed by atoms with Gasteiger partial charge in [0.25, 0.3) is 0 Å². The van der Waals surface area contributed by atoms with Gasteiger partial charge in [0, 0.05) is 39.9 Å². The molecule has 1 fully saturated rings. The van der Waals surface area contributed by atoms with Crippen LogP contribution in [0.15, 0.2) is 4.99 Å². The molecule has 0 unspecified atom stereocenters. The predicted octanol–water partition coefficient (Wildman–Crippen LogP) is 0.607. The predicted molar refractivity (Wildman–Crippen MR) is 91.7 cm³/mol. The van der Waals surface area contributed by atoms with Crippen molar-refractivity contribution in [3.63, 3.8) is 0 Å². The number of carbonyl (C=O) groups excluding carboxylic acids is 1. The lowest BCUT2D eigenvalue weighted by atomic mass is 10.3. The zero-order chi connectivity index (χ0) is 16.8. The number of nitrogens with one attached hydrogen (secondary N) is 2. The third-order valence-electron chi connectivity index (χ3n) is 3.62. The Morgan fingerprint density at radius 2 is 1.91 bits per heavy atom. The summed E-state index contributed by atoms with van der Waals surface area (Å²) in [6.45, 7) is 7.61. The molecule has 0 aromatic rings. The molecule has 1 saturated heterocycles. The number of carbonyl (C=O) groups is 1. The summed E-state index contributed by atoms with van der Waals surface area (Å²) in [5.41, 5.74) is 0. The van der Waals surface area contributed by atoms with Gasteiger partial charge in [-0.05, 0) is 32.6 Å². The van der Waals surface area contributed by atoms with Crippen molar-refractivity contribution in [3.8, 4) is 0 Å². The van der Waals surface area contributed by atoms with Crippen molar-refractivity contribution in [2.45, 2.75) is 32.6 Å². The first kappa shape index (κ1) is 19.7. The molecular formula is C16H32N4O3. The second kappa shape index (κ2) is 13.1. The van der Waals surface area contributed by atoms with Crippen molar-refractivity contribution in [1.82, 2.24) is 15.5 Å². The lowest BCUT2D eigenvalue weighted by Crippen LogP contribution is -2.39. The van der Waals surface area contributed by atoms with Crippen LogP contribution < -0.4 is 10.6 Å². The monoisotopic (exact) mass is 328 g/mol. The average molecular weight is 328 g/mol. The number of amides is 1. The minimum atomic E-state index is 0.117. The van der Waals surface area contributed by atoms with E-state index in [1.165, 1.54) is 0 Å². The molecule has 0 radical (unpaired) electrons. The fraction of sp³-hybridized carbons (Fsp3) is 0.875. The topological polar surface area (TPSA) is 75.2 Å². The number of rotatable bonds is 11. The lowest BCUT2D eigenvalue weighted by molar-refractivity contribution is -0.128. The number of aliphatic imine (C=N–C) groups is 1. The fourth-order valence-corrected chi connectivity index (χ4v) is 2.34. The summed E-state index contributed by atoms with van der Waals surface area (Å²) in [5.74, 6) is 0.826. The highest BCUT2D eigenvalue weighted by atomic mass is 16.5. The Labute approximate surface area is 139 Å². The summed E-state index contributed by atoms with van der Waals surface area (Å²) in [5, 5.41) is 6.42. The zero-order valence-corrected chi connectivity index (χ0v) is 14.6. The number of hydrogen-bond donors (Lipinski definition) is 2. The van der Waals surface area contributed by atoms with Crippen LogP contribution in [0.5, 0.6) is 0 Å². The molecule has 1 aliphatic heterocycles. The van der Waals surface area contributed by atoms with Gasteiger partial charge in [-0.25, -0.2) is 4.99 Å². The first-order chi connectivity index (χ1) is 11.3. The van der Waals surface area contributed by atoms with E-state index in [0.717, 1.165) is 58.5 Å². The van der Waals surface area contributed by atoms with E-state index in [4.69, 9.17) is 9.47 Å². The van der Waals surface area contributed by atoms with Gasteiger partial charge in [0.05, 0.1) is 13.2 Å². The molecule has 7 heteroatoms. The molecule has 1 aliphatic rings. The van der Waals surface area contributed by atoms with Gasteiger partial charge in [-0.15, -0.1) is 0 Å². The SMILES string of the molecule is CCNC(=NCC(=O)N1CCCC1)NCCCCOCCOC. The number of methoxy groups -OCH3 is 1. The standard InChI is InChI=1S/C16H32N4O3/c1-3-17-16(18-8-4-7-11-23-13-12-22-2)19-14-15(21)20-9-5-6-10-20/h3-14H2,1-2H3,(H2,17,18,19). The lowest BCUT2D eigenvalue weighted by Gasteiger charge is -2.15. The minimum absolute atomic E-state index is 0.117. The summed E-state index contributed by atoms with van der Waals surface area (Å²) in [6.07, 6.45) is 4.21. The molecule has 134 valence electrons. The Balaban J connectivity index is 2.15. The number of guanidine groups is 1. The van der Waals surface area contributed by atoms with E-state index >= 15 is 0 Å². The first-order valence-corrected chi connectivity index (χ1v) is 8.64. The van der Waals surface area contributed by atoms with Crippen LogP contribution in [0.1, 0.15) is 32.6 Å². The van der Waals surface area contributed by atoms with E-state index in [1.54, 1.807) is 7.11 Å². The number of ether oxygens (including phenoxy) is 2. The van der Waals surface area contributed by atoms with Gasteiger partial charge in [0.15, 0.2) is 5.96 Å². The van der Waals surface area contributed by atoms with Gasteiger partial charge in [0.2, 0.25) is 5.91 Å². The van der Waals surface area contributed by atoms with Crippen molar-refractivity contribution < 1.29 is 14.3 Å². The number of hydrogen-bond acceptors (Lipinski definition) is 4. The molecule has 1 heterocycles. The summed E-state index contributed by atoms with van der Waals surface area (Å²) in [7, 11) is 1.67. The molecule has 0 aliphatic carbocycles. The highest BCUT2D eigenvalue weighted by Crippen LogP contribution is 2.07. The molecule has 0 aromatic heterocycles. The van der Waals surface area contributed by atoms with E-state index in [9.17, 15) is 4.79 Å². The Kier molecular flexibility index (Phi) is 11.3. The highest BCUT2D eigenvalue weighted by Gasteiger charge is 2.17. The van der Waals surface area contributed by atoms with Gasteiger partial charge in [-0.1, -0.05) is 0 Å². The first-order valence-electron chi connectivity index (χ1n) is 8.64. The molecule has 0 spiro atoms. The van der Waals surface area contributed by atoms with Crippen LogP contribution in [-0.2, 0) is 14.3 Å². The van der Waals surface area contributed by atoms with Crippen molar-refractivity contribution in [1.29, 1.82) is 0 Å². The van der Waals surface area contributed by atoms with Crippen LogP contribution in [-0.4, -0.2) is 76.4 Å². The minimum Gasteiger partial charge on any atom is -0.382 e. The van der Waals surface area contributed by atoms with Crippen LogP contribution in [0.4, 0.5) is 0 Å². The Bertz CT molecular complexity index is 344. The Hall–Kier alpha value is -1.34. The molecule has 0 aromatic carbocycles. The zero-order valence-electron chi connectivity index (χ0n) is 14.6. The number of nitrogens with zero attached hydrogens (tertiary/aromatic N) is 2. The quantitative estimate of drug-likeness (QED) is 0.330. The van der Waals surface area contributed by atoms with E-state index in [1.807, 2.05) is 11.8 Å². The smallest absolute Gasteiger partial charge is 0.244 e. The summed E-state index contributed by atoms with van der Waals surface area (Å²) in [4.78, 5) is 18.3. The third-order valence-corrected chi connectivity index (χ3v) is 3.62. The second-order valence-electron chi connectivity index (χ2n) is 5.52. The van der Waals surface area contributed by atoms with Crippen LogP contribution >= 0.6 is 0 Å². The molecule has 1 amide bonds. The Morgan fingerprint density at radius 1 is 1.13 bits per heavy atom. The number of likely N-dealkylation sites (tertiary alicyclic amines) is 1. The molecule has 0 atom stereocenters. The molecule has 1 rings (SSSR count). The molecule has 0 bridgehead atoms. The van der Waals surface area contributed by atoms with Crippen LogP contribution in [0.25, 0.3) is 0 Å². The van der Waals surface area contributed by atoms with Crippen molar-refractivity contribution in [2.75, 3.05) is 59.7 Å². The van der Waals surface area contributed by atoms with E-state index in [-0.39, 0.29) is 12.5 Å². The van der Waals surface area contributed by atoms with Crippen molar-refractivity contribution >= 4 is 11.9 Å². The van der Waals surface area contributed by atoms with Gasteiger partial charge in [-0.2, -0.15) is 0 Å². The molecule has 2 N–H and O–H groups in total. The van der Waals surface area contributed by atoms with E-state index in [2.05, 4.69) is 15.6 Å². The van der Waals surface area contributed by atoms with Gasteiger partial charge in [0.1, 0.15) is 6.54 Å². The summed E-state index contributed by atoms with van der Waals surface area (Å²) in [6, 6.07) is 0. The number of unbranched alkanes of at least 4 members (excludes halogenated alkanes) is 1. The molecular weight excluding hydrogens is 296 g/mol. The summed E-state index contributed by atoms with van der Waals surface area (Å²) < 4.78 is 10.3. The van der Waals surface area contributed by atoms with E-state index < -0.39 is 0 Å². The van der Waals surface area contributed by atoms with Crippen molar-refractivity contribution in [3.05, 3.63) is 0 Å². The summed E-state index contributed by atoms with van der Waals surface area (Å²) >= 11 is 0. The van der Waals surface area contributed by atoms with Crippen molar-refractivity contribution in [2.24, 2.45) is 4.99 Å². The maximum atomic E-state index is 12.0. The average Bonchev–Trinajstić information content (AvgIpc) is 3.09. The molecule has 23 heavy (non-hydrogen) atoms. The largest absolute Gasteiger partial charge is 0.382 e. The second-order valence-corrected chi connectivity index (χ2v) is 5.52. The van der Waals surface area contributed by atoms with Gasteiger partial charge < -0.3 is 25.0 Å². The van der Waals surface area contributed by atoms with E-state index in [0.29, 0.717) is 19.2 Å². The Morgan fingerprint density at radius 3 is 2.61 bits per heavy atom. The van der Waals surface area contributed by atoms with Gasteiger partial charge in [-0.3, -0.25) is 4.79 Å². The third kappa shape index (κ3) is 9.40. The normalized spacial score (nSPS) is 15.0. The van der Waals surface area contributed by atoms with Gasteiger partial charge >= 0.3 is 0 Å². The fourth-order valence-electron chi connectivity index (χ4n) is 2.34. The highest BCUT2D eigenvalue weighted by molar-refractivity contribution is 5.85. The molecule has 0 saturated carbocycles. The van der Waals surface area contributed by atoms with Crippen LogP contribution in [0, 0.1) is 0 Å². The van der Waals surface area contributed by atoms with Crippen LogP contribution in [0.3, 0.4) is 0 Å². The maximum Gasteiger partial charge on any atom is 0.244 e. The van der Waals surface area contributed by atoms with Crippen LogP contribution in [0.2, 0.25) is 0 Å². The molecule has 7 nitrogen and oxygen atoms in total.